The Hall–Kier alpha value is -1.20. The number of rotatable bonds is 10. The van der Waals surface area contributed by atoms with Crippen molar-refractivity contribution in [2.24, 2.45) is 11.8 Å². The van der Waals surface area contributed by atoms with Crippen LogP contribution in [-0.2, 0) is 18.8 Å². The third kappa shape index (κ3) is 8.00. The standard InChI is InChI=1S/C21H38O4Si/c1-15(12-18(4)20(23)24-8)11-16(2)17(3)13-19(14-22)25-26(9,10)21(5,6)7/h11,14-15,18-19H,3,12-13H2,1-2,4-10H3/b16-11+/t15-,18+,19-/m0/s1. The molecule has 0 spiro atoms. The summed E-state index contributed by atoms with van der Waals surface area (Å²) in [6.07, 6.45) is 3.75. The van der Waals surface area contributed by atoms with Crippen LogP contribution in [0.2, 0.25) is 18.1 Å². The first-order valence-electron chi connectivity index (χ1n) is 9.32. The Morgan fingerprint density at radius 1 is 1.23 bits per heavy atom. The van der Waals surface area contributed by atoms with Crippen molar-refractivity contribution in [3.05, 3.63) is 23.8 Å². The van der Waals surface area contributed by atoms with E-state index < -0.39 is 14.4 Å². The first-order chi connectivity index (χ1) is 11.7. The maximum absolute atomic E-state index is 11.6. The molecule has 0 aliphatic heterocycles. The Balaban J connectivity index is 4.90. The number of carbonyl (C=O) groups is 2. The van der Waals surface area contributed by atoms with Gasteiger partial charge >= 0.3 is 5.97 Å². The fourth-order valence-corrected chi connectivity index (χ4v) is 3.79. The summed E-state index contributed by atoms with van der Waals surface area (Å²) in [4.78, 5) is 23.1. The molecule has 0 aromatic rings. The minimum Gasteiger partial charge on any atom is -0.469 e. The van der Waals surface area contributed by atoms with Crippen LogP contribution < -0.4 is 0 Å². The van der Waals surface area contributed by atoms with Gasteiger partial charge in [-0.25, -0.2) is 0 Å². The van der Waals surface area contributed by atoms with E-state index in [1.54, 1.807) is 0 Å². The van der Waals surface area contributed by atoms with E-state index in [0.29, 0.717) is 6.42 Å². The lowest BCUT2D eigenvalue weighted by molar-refractivity contribution is -0.145. The summed E-state index contributed by atoms with van der Waals surface area (Å²) >= 11 is 0. The number of hydrogen-bond acceptors (Lipinski definition) is 4. The predicted molar refractivity (Wildman–Crippen MR) is 111 cm³/mol. The van der Waals surface area contributed by atoms with Gasteiger partial charge in [0.2, 0.25) is 0 Å². The fraction of sp³-hybridized carbons (Fsp3) is 0.714. The number of hydrogen-bond donors (Lipinski definition) is 0. The average molecular weight is 383 g/mol. The molecule has 0 aromatic heterocycles. The second-order valence-corrected chi connectivity index (χ2v) is 13.6. The molecule has 150 valence electrons. The quantitative estimate of drug-likeness (QED) is 0.222. The van der Waals surface area contributed by atoms with E-state index in [4.69, 9.17) is 9.16 Å². The molecule has 0 amide bonds. The van der Waals surface area contributed by atoms with Gasteiger partial charge in [0, 0.05) is 6.42 Å². The molecule has 0 saturated heterocycles. The summed E-state index contributed by atoms with van der Waals surface area (Å²) in [6.45, 7) is 20.8. The number of ether oxygens (including phenoxy) is 1. The van der Waals surface area contributed by atoms with E-state index in [9.17, 15) is 9.59 Å². The lowest BCUT2D eigenvalue weighted by Crippen LogP contribution is -2.44. The molecule has 0 unspecified atom stereocenters. The topological polar surface area (TPSA) is 52.6 Å². The van der Waals surface area contributed by atoms with Gasteiger partial charge in [0.15, 0.2) is 8.32 Å². The van der Waals surface area contributed by atoms with Gasteiger partial charge in [0.1, 0.15) is 12.4 Å². The zero-order chi connectivity index (χ0) is 20.7. The van der Waals surface area contributed by atoms with Gasteiger partial charge in [-0.05, 0) is 43.0 Å². The molecule has 0 rings (SSSR count). The van der Waals surface area contributed by atoms with Crippen molar-refractivity contribution < 1.29 is 18.8 Å². The molecule has 3 atom stereocenters. The lowest BCUT2D eigenvalue weighted by Gasteiger charge is -2.38. The van der Waals surface area contributed by atoms with Gasteiger partial charge in [-0.15, -0.1) is 0 Å². The third-order valence-corrected chi connectivity index (χ3v) is 9.78. The van der Waals surface area contributed by atoms with E-state index in [0.717, 1.165) is 23.9 Å². The summed E-state index contributed by atoms with van der Waals surface area (Å²) in [5, 5.41) is 0.0546. The first kappa shape index (κ1) is 24.8. The number of methoxy groups -OCH3 is 1. The van der Waals surface area contributed by atoms with Crippen molar-refractivity contribution in [3.8, 4) is 0 Å². The van der Waals surface area contributed by atoms with Gasteiger partial charge in [-0.1, -0.05) is 52.8 Å². The molecule has 0 aromatic carbocycles. The zero-order valence-corrected chi connectivity index (χ0v) is 19.1. The maximum Gasteiger partial charge on any atom is 0.308 e. The van der Waals surface area contributed by atoms with Gasteiger partial charge in [-0.2, -0.15) is 0 Å². The fourth-order valence-electron chi connectivity index (χ4n) is 2.54. The van der Waals surface area contributed by atoms with Crippen molar-refractivity contribution in [1.82, 2.24) is 0 Å². The molecule has 4 nitrogen and oxygen atoms in total. The van der Waals surface area contributed by atoms with E-state index in [-0.39, 0.29) is 22.8 Å². The van der Waals surface area contributed by atoms with Crippen molar-refractivity contribution in [1.29, 1.82) is 0 Å². The zero-order valence-electron chi connectivity index (χ0n) is 18.1. The number of esters is 1. The Kier molecular flexibility index (Phi) is 9.74. The number of allylic oxidation sites excluding steroid dienone is 2. The normalized spacial score (nSPS) is 16.6. The third-order valence-electron chi connectivity index (χ3n) is 5.27. The van der Waals surface area contributed by atoms with Crippen LogP contribution in [0.25, 0.3) is 0 Å². The largest absolute Gasteiger partial charge is 0.469 e. The highest BCUT2D eigenvalue weighted by atomic mass is 28.4. The molecule has 0 bridgehead atoms. The monoisotopic (exact) mass is 382 g/mol. The smallest absolute Gasteiger partial charge is 0.308 e. The molecule has 0 aliphatic carbocycles. The van der Waals surface area contributed by atoms with Gasteiger partial charge in [-0.3, -0.25) is 4.79 Å². The second-order valence-electron chi connectivity index (χ2n) is 8.85. The lowest BCUT2D eigenvalue weighted by atomic mass is 9.93. The van der Waals surface area contributed by atoms with Crippen LogP contribution in [0.5, 0.6) is 0 Å². The molecule has 0 heterocycles. The molecule has 0 fully saturated rings. The van der Waals surface area contributed by atoms with Gasteiger partial charge in [0.05, 0.1) is 13.0 Å². The van der Waals surface area contributed by atoms with Crippen molar-refractivity contribution in [2.45, 2.75) is 78.6 Å². The summed E-state index contributed by atoms with van der Waals surface area (Å²) in [6, 6.07) is 0. The molecular formula is C21H38O4Si. The van der Waals surface area contributed by atoms with Gasteiger partial charge in [0.25, 0.3) is 0 Å². The maximum atomic E-state index is 11.6. The summed E-state index contributed by atoms with van der Waals surface area (Å²) < 4.78 is 11.0. The van der Waals surface area contributed by atoms with Crippen LogP contribution in [0.3, 0.4) is 0 Å². The van der Waals surface area contributed by atoms with E-state index in [2.05, 4.69) is 53.4 Å². The van der Waals surface area contributed by atoms with Crippen LogP contribution in [0.1, 0.15) is 54.4 Å². The molecule has 5 heteroatoms. The van der Waals surface area contributed by atoms with Crippen LogP contribution in [0.4, 0.5) is 0 Å². The Bertz CT molecular complexity index is 529. The molecule has 26 heavy (non-hydrogen) atoms. The van der Waals surface area contributed by atoms with Crippen LogP contribution in [0, 0.1) is 11.8 Å². The van der Waals surface area contributed by atoms with Gasteiger partial charge < -0.3 is 14.0 Å². The van der Waals surface area contributed by atoms with E-state index in [1.165, 1.54) is 7.11 Å². The summed E-state index contributed by atoms with van der Waals surface area (Å²) in [5.74, 6) is -0.112. The number of aldehydes is 1. The highest BCUT2D eigenvalue weighted by Crippen LogP contribution is 2.37. The predicted octanol–water partition coefficient (Wildman–Crippen LogP) is 5.30. The Morgan fingerprint density at radius 3 is 2.19 bits per heavy atom. The van der Waals surface area contributed by atoms with Crippen LogP contribution >= 0.6 is 0 Å². The highest BCUT2D eigenvalue weighted by molar-refractivity contribution is 6.74. The average Bonchev–Trinajstić information content (AvgIpc) is 2.51. The van der Waals surface area contributed by atoms with E-state index in [1.807, 2.05) is 13.8 Å². The Morgan fingerprint density at radius 2 is 1.77 bits per heavy atom. The Labute approximate surface area is 161 Å². The minimum atomic E-state index is -2.00. The highest BCUT2D eigenvalue weighted by Gasteiger charge is 2.39. The van der Waals surface area contributed by atoms with Crippen molar-refractivity contribution in [2.75, 3.05) is 7.11 Å². The summed E-state index contributed by atoms with van der Waals surface area (Å²) in [7, 11) is -0.593. The van der Waals surface area contributed by atoms with Crippen molar-refractivity contribution in [3.63, 3.8) is 0 Å². The second kappa shape index (κ2) is 10.2. The molecule has 0 N–H and O–H groups in total. The first-order valence-corrected chi connectivity index (χ1v) is 12.2. The molecule has 0 aliphatic rings. The molecule has 0 radical (unpaired) electrons. The molecular weight excluding hydrogens is 344 g/mol. The van der Waals surface area contributed by atoms with E-state index >= 15 is 0 Å². The van der Waals surface area contributed by atoms with Crippen molar-refractivity contribution >= 4 is 20.6 Å². The van der Waals surface area contributed by atoms with Crippen LogP contribution in [-0.4, -0.2) is 33.8 Å². The summed E-state index contributed by atoms with van der Waals surface area (Å²) in [5.41, 5.74) is 1.94. The number of carbonyl (C=O) groups excluding carboxylic acids is 2. The SMILES string of the molecule is C=C(C[C@@H](C=O)O[Si](C)(C)C(C)(C)C)/C(C)=C/[C@H](C)C[C@@H](C)C(=O)OC. The molecule has 0 saturated carbocycles. The van der Waals surface area contributed by atoms with Crippen LogP contribution in [0.15, 0.2) is 23.8 Å². The minimum absolute atomic E-state index is 0.0546.